The lowest BCUT2D eigenvalue weighted by molar-refractivity contribution is -0.136. The smallest absolute Gasteiger partial charge is 0.257 e. The number of likely N-dealkylation sites (tertiary alicyclic amines) is 1. The summed E-state index contributed by atoms with van der Waals surface area (Å²) in [5, 5.41) is 6.07. The topological polar surface area (TPSA) is 165 Å². The maximum atomic E-state index is 15.4. The van der Waals surface area contributed by atoms with Crippen molar-refractivity contribution in [1.82, 2.24) is 25.1 Å². The maximum absolute atomic E-state index is 15.4. The number of aliphatic imine (C=N–C) groups is 1. The van der Waals surface area contributed by atoms with Crippen LogP contribution in [0.25, 0.3) is 11.3 Å². The first-order valence-electron chi connectivity index (χ1n) is 20.8. The highest BCUT2D eigenvalue weighted by Crippen LogP contribution is 2.43. The van der Waals surface area contributed by atoms with E-state index in [1.54, 1.807) is 53.6 Å². The molecule has 5 aliphatic heterocycles. The molecule has 0 bridgehead atoms. The fourth-order valence-corrected chi connectivity index (χ4v) is 9.56. The van der Waals surface area contributed by atoms with Gasteiger partial charge in [-0.05, 0) is 78.9 Å². The molecule has 1 atom stereocenters. The molecule has 2 saturated heterocycles. The number of rotatable bonds is 7. The van der Waals surface area contributed by atoms with Gasteiger partial charge in [0.2, 0.25) is 17.8 Å². The SMILES string of the molecule is COc1cc(Nc2ncc3c(n2)-c2ccc(Cl)cc2C(c2c(F)cccc2OC)=NC3)ccc1C(=O)N1CCC2(CCc3cc4c(cc3O2)CN(C2CCC(=O)NC2=O)C4=O)CC1. The monoisotopic (exact) mass is 869 g/mol. The second-order valence-electron chi connectivity index (χ2n) is 16.4. The first-order chi connectivity index (χ1) is 30.5. The minimum atomic E-state index is -0.682. The molecule has 0 aliphatic carbocycles. The number of halogens is 2. The summed E-state index contributed by atoms with van der Waals surface area (Å²) in [6, 6.07) is 18.3. The van der Waals surface area contributed by atoms with Crippen LogP contribution in [0.5, 0.6) is 17.2 Å². The number of hydrogen-bond acceptors (Lipinski definition) is 11. The average Bonchev–Trinajstić information content (AvgIpc) is 3.51. The van der Waals surface area contributed by atoms with Crippen LogP contribution < -0.4 is 24.8 Å². The molecule has 2 N–H and O–H groups in total. The van der Waals surface area contributed by atoms with Gasteiger partial charge in [-0.15, -0.1) is 0 Å². The third-order valence-corrected chi connectivity index (χ3v) is 13.0. The van der Waals surface area contributed by atoms with E-state index in [9.17, 15) is 19.2 Å². The van der Waals surface area contributed by atoms with Gasteiger partial charge in [0.05, 0.1) is 43.3 Å². The summed E-state index contributed by atoms with van der Waals surface area (Å²) in [4.78, 5) is 69.3. The molecule has 63 heavy (non-hydrogen) atoms. The van der Waals surface area contributed by atoms with Crippen molar-refractivity contribution < 1.29 is 37.8 Å². The summed E-state index contributed by atoms with van der Waals surface area (Å²) >= 11 is 6.48. The lowest BCUT2D eigenvalue weighted by Crippen LogP contribution is -2.52. The van der Waals surface area contributed by atoms with Gasteiger partial charge in [-0.25, -0.2) is 14.4 Å². The molecular formula is C47H41ClFN7O7. The molecule has 1 unspecified atom stereocenters. The van der Waals surface area contributed by atoms with Gasteiger partial charge in [0.15, 0.2) is 0 Å². The van der Waals surface area contributed by atoms with Crippen molar-refractivity contribution in [3.05, 3.63) is 123 Å². The maximum Gasteiger partial charge on any atom is 0.257 e. The van der Waals surface area contributed by atoms with Crippen LogP contribution in [0.1, 0.15) is 80.6 Å². The van der Waals surface area contributed by atoms with Gasteiger partial charge >= 0.3 is 0 Å². The van der Waals surface area contributed by atoms with Gasteiger partial charge in [0.1, 0.15) is 34.7 Å². The summed E-state index contributed by atoms with van der Waals surface area (Å²) in [6.45, 7) is 1.43. The second kappa shape index (κ2) is 15.8. The fourth-order valence-electron chi connectivity index (χ4n) is 9.39. The molecule has 4 aromatic carbocycles. The van der Waals surface area contributed by atoms with Crippen molar-refractivity contribution in [1.29, 1.82) is 0 Å². The van der Waals surface area contributed by atoms with E-state index in [1.807, 2.05) is 23.1 Å². The third kappa shape index (κ3) is 7.19. The Balaban J connectivity index is 0.824. The molecule has 5 aliphatic rings. The number of imide groups is 1. The second-order valence-corrected chi connectivity index (χ2v) is 16.8. The molecule has 16 heteroatoms. The van der Waals surface area contributed by atoms with Crippen molar-refractivity contribution in [3.8, 4) is 28.5 Å². The Morgan fingerprint density at radius 3 is 2.54 bits per heavy atom. The number of ether oxygens (including phenoxy) is 3. The summed E-state index contributed by atoms with van der Waals surface area (Å²) in [7, 11) is 3.00. The number of aromatic nitrogens is 2. The summed E-state index contributed by atoms with van der Waals surface area (Å²) in [5.41, 5.74) is 6.14. The number of benzene rings is 4. The molecule has 10 rings (SSSR count). The Bertz CT molecular complexity index is 2810. The number of amides is 4. The van der Waals surface area contributed by atoms with Gasteiger partial charge in [-0.1, -0.05) is 23.7 Å². The summed E-state index contributed by atoms with van der Waals surface area (Å²) in [5.74, 6) is 0.150. The number of aryl methyl sites for hydroxylation is 1. The van der Waals surface area contributed by atoms with Crippen LogP contribution in [0.15, 0.2) is 77.9 Å². The van der Waals surface area contributed by atoms with E-state index in [0.717, 1.165) is 35.3 Å². The number of methoxy groups -OCH3 is 2. The molecule has 0 radical (unpaired) electrons. The molecule has 1 aromatic heterocycles. The Morgan fingerprint density at radius 1 is 0.921 bits per heavy atom. The van der Waals surface area contributed by atoms with Gasteiger partial charge in [0.25, 0.3) is 11.8 Å². The van der Waals surface area contributed by atoms with Gasteiger partial charge < -0.3 is 29.3 Å². The minimum absolute atomic E-state index is 0.159. The predicted octanol–water partition coefficient (Wildman–Crippen LogP) is 6.81. The number of nitrogens with one attached hydrogen (secondary N) is 2. The number of carbonyl (C=O) groups excluding carboxylic acids is 4. The van der Waals surface area contributed by atoms with E-state index >= 15 is 4.39 Å². The molecule has 1 spiro atoms. The van der Waals surface area contributed by atoms with Gasteiger partial charge in [-0.2, -0.15) is 0 Å². The third-order valence-electron chi connectivity index (χ3n) is 12.7. The minimum Gasteiger partial charge on any atom is -0.496 e. The number of carbonyl (C=O) groups is 4. The molecule has 2 fully saturated rings. The van der Waals surface area contributed by atoms with Crippen LogP contribution in [0.3, 0.4) is 0 Å². The molecular weight excluding hydrogens is 829 g/mol. The molecule has 0 saturated carbocycles. The Kier molecular flexibility index (Phi) is 10.1. The van der Waals surface area contributed by atoms with Crippen molar-refractivity contribution in [3.63, 3.8) is 0 Å². The quantitative estimate of drug-likeness (QED) is 0.166. The first kappa shape index (κ1) is 40.2. The number of fused-ring (bicyclic) bond motifs is 5. The zero-order chi connectivity index (χ0) is 43.6. The Morgan fingerprint density at radius 2 is 1.75 bits per heavy atom. The van der Waals surface area contributed by atoms with Crippen LogP contribution in [0, 0.1) is 5.82 Å². The largest absolute Gasteiger partial charge is 0.496 e. The Labute approximate surface area is 366 Å². The van der Waals surface area contributed by atoms with E-state index in [0.29, 0.717) is 94.2 Å². The van der Waals surface area contributed by atoms with E-state index in [4.69, 9.17) is 35.8 Å². The van der Waals surface area contributed by atoms with E-state index in [-0.39, 0.29) is 42.8 Å². The standard InChI is InChI=1S/C47H41ClFN7O7/c1-61-36-5-3-4-34(49)40(36)42-33-20-28(48)6-8-30(33)41-27(22-50-42)23-51-46(54-41)52-29-7-9-31(38(21-29)62-2)44(59)55-16-14-47(15-17-55)13-12-25-18-32-26(19-37(25)63-47)24-56(45(32)60)35-10-11-39(57)53-43(35)58/h3-9,18-21,23,35H,10-17,22,24H2,1-2H3,(H,51,52,54)(H,53,57,58). The van der Waals surface area contributed by atoms with Crippen LogP contribution in [0.4, 0.5) is 16.0 Å². The number of hydrogen-bond donors (Lipinski definition) is 2. The zero-order valence-electron chi connectivity index (χ0n) is 34.4. The zero-order valence-corrected chi connectivity index (χ0v) is 35.2. The molecule has 6 heterocycles. The van der Waals surface area contributed by atoms with Crippen LogP contribution >= 0.6 is 11.6 Å². The van der Waals surface area contributed by atoms with Gasteiger partial charge in [-0.3, -0.25) is 29.5 Å². The van der Waals surface area contributed by atoms with Gasteiger partial charge in [0, 0.05) is 84.1 Å². The van der Waals surface area contributed by atoms with E-state index in [1.165, 1.54) is 20.3 Å². The lowest BCUT2D eigenvalue weighted by Gasteiger charge is -2.44. The number of anilines is 2. The van der Waals surface area contributed by atoms with Crippen LogP contribution in [-0.2, 0) is 29.1 Å². The molecule has 4 amide bonds. The average molecular weight is 870 g/mol. The van der Waals surface area contributed by atoms with Crippen molar-refractivity contribution in [2.75, 3.05) is 32.6 Å². The van der Waals surface area contributed by atoms with E-state index in [2.05, 4.69) is 15.6 Å². The first-order valence-corrected chi connectivity index (χ1v) is 21.2. The highest BCUT2D eigenvalue weighted by molar-refractivity contribution is 6.31. The number of piperidine rings is 2. The normalized spacial score (nSPS) is 18.6. The molecule has 14 nitrogen and oxygen atoms in total. The Hall–Kier alpha value is -6.87. The van der Waals surface area contributed by atoms with Crippen molar-refractivity contribution in [2.24, 2.45) is 4.99 Å². The van der Waals surface area contributed by atoms with Crippen molar-refractivity contribution >= 4 is 52.6 Å². The van der Waals surface area contributed by atoms with E-state index < -0.39 is 23.4 Å². The van der Waals surface area contributed by atoms with Crippen LogP contribution in [0.2, 0.25) is 5.02 Å². The molecule has 5 aromatic rings. The number of nitrogens with zero attached hydrogens (tertiary/aromatic N) is 5. The highest BCUT2D eigenvalue weighted by atomic mass is 35.5. The van der Waals surface area contributed by atoms with Crippen molar-refractivity contribution in [2.45, 2.75) is 63.3 Å². The van der Waals surface area contributed by atoms with Crippen LogP contribution in [-0.4, -0.2) is 88.1 Å². The molecule has 320 valence electrons. The predicted molar refractivity (Wildman–Crippen MR) is 230 cm³/mol. The summed E-state index contributed by atoms with van der Waals surface area (Å²) in [6.07, 6.45) is 4.91. The summed E-state index contributed by atoms with van der Waals surface area (Å²) < 4.78 is 33.4. The highest BCUT2D eigenvalue weighted by Gasteiger charge is 2.44. The fraction of sp³-hybridized carbons (Fsp3) is 0.298. The lowest BCUT2D eigenvalue weighted by atomic mass is 9.82.